The fourth-order valence-electron chi connectivity index (χ4n) is 4.45. The highest BCUT2D eigenvalue weighted by Gasteiger charge is 2.35. The summed E-state index contributed by atoms with van der Waals surface area (Å²) in [6.45, 7) is 0.750. The number of para-hydroxylation sites is 1. The topological polar surface area (TPSA) is 95.0 Å². The lowest BCUT2D eigenvalue weighted by Crippen LogP contribution is -2.44. The SMILES string of the molecule is N#Cc1c[nH]c2ncnc(N3CC[C@H]3c3cn4ccc(Cl)c4c(=O)n3-c3ccccc3)c12. The first kappa shape index (κ1) is 18.7. The fourth-order valence-corrected chi connectivity index (χ4v) is 4.68. The standard InChI is InChI=1S/C23H16ClN7O/c24-16-6-8-29-12-18(31(23(32)20(16)29)15-4-2-1-3-5-15)17-7-9-30(17)22-19-14(10-25)11-26-21(19)27-13-28-22/h1-6,8,11-13,17H,7,9H2,(H,26,27,28)/t17-/m0/s1. The van der Waals surface area contributed by atoms with Crippen LogP contribution in [0.25, 0.3) is 22.2 Å². The van der Waals surface area contributed by atoms with Crippen molar-refractivity contribution in [3.8, 4) is 11.8 Å². The zero-order valence-corrected chi connectivity index (χ0v) is 17.5. The minimum atomic E-state index is -0.178. The van der Waals surface area contributed by atoms with Gasteiger partial charge in [-0.2, -0.15) is 5.26 Å². The third-order valence-corrected chi connectivity index (χ3v) is 6.32. The molecular formula is C23H16ClN7O. The number of halogens is 1. The average Bonchev–Trinajstić information content (AvgIpc) is 3.38. The molecular weight excluding hydrogens is 426 g/mol. The van der Waals surface area contributed by atoms with Gasteiger partial charge in [-0.1, -0.05) is 29.8 Å². The summed E-state index contributed by atoms with van der Waals surface area (Å²) in [6.07, 6.45) is 7.72. The molecule has 156 valence electrons. The number of nitrogens with one attached hydrogen (secondary N) is 1. The summed E-state index contributed by atoms with van der Waals surface area (Å²) in [5.41, 5.74) is 2.97. The third-order valence-electron chi connectivity index (χ3n) is 6.02. The smallest absolute Gasteiger partial charge is 0.281 e. The van der Waals surface area contributed by atoms with Crippen LogP contribution in [-0.4, -0.2) is 30.5 Å². The molecule has 1 atom stereocenters. The highest BCUT2D eigenvalue weighted by Crippen LogP contribution is 2.40. The van der Waals surface area contributed by atoms with Gasteiger partial charge in [0.1, 0.15) is 29.4 Å². The molecule has 0 bridgehead atoms. The number of hydrogen-bond acceptors (Lipinski definition) is 5. The molecule has 9 heteroatoms. The Kier molecular flexibility index (Phi) is 4.06. The molecule has 1 aliphatic rings. The van der Waals surface area contributed by atoms with Crippen LogP contribution in [-0.2, 0) is 0 Å². The van der Waals surface area contributed by atoms with Crippen LogP contribution in [0.3, 0.4) is 0 Å². The number of aromatic amines is 1. The lowest BCUT2D eigenvalue weighted by atomic mass is 9.98. The van der Waals surface area contributed by atoms with E-state index in [1.807, 2.05) is 36.5 Å². The van der Waals surface area contributed by atoms with E-state index in [0.717, 1.165) is 24.3 Å². The predicted molar refractivity (Wildman–Crippen MR) is 121 cm³/mol. The Morgan fingerprint density at radius 3 is 2.78 bits per heavy atom. The summed E-state index contributed by atoms with van der Waals surface area (Å²) in [5, 5.41) is 10.7. The lowest BCUT2D eigenvalue weighted by molar-refractivity contribution is 0.442. The van der Waals surface area contributed by atoms with E-state index in [1.54, 1.807) is 27.4 Å². The second kappa shape index (κ2) is 6.97. The molecule has 0 spiro atoms. The molecule has 5 aromatic rings. The van der Waals surface area contributed by atoms with Crippen molar-refractivity contribution in [1.29, 1.82) is 5.26 Å². The van der Waals surface area contributed by atoms with Gasteiger partial charge >= 0.3 is 0 Å². The zero-order chi connectivity index (χ0) is 21.8. The van der Waals surface area contributed by atoms with Crippen molar-refractivity contribution >= 4 is 34.0 Å². The molecule has 1 aliphatic heterocycles. The van der Waals surface area contributed by atoms with Crippen LogP contribution < -0.4 is 10.5 Å². The number of anilines is 1. The van der Waals surface area contributed by atoms with Crippen LogP contribution in [0.2, 0.25) is 5.02 Å². The molecule has 8 nitrogen and oxygen atoms in total. The molecule has 0 radical (unpaired) electrons. The first-order valence-electron chi connectivity index (χ1n) is 10.1. The molecule has 0 saturated carbocycles. The Morgan fingerprint density at radius 1 is 1.19 bits per heavy atom. The monoisotopic (exact) mass is 441 g/mol. The molecule has 1 saturated heterocycles. The number of aromatic nitrogens is 5. The molecule has 1 aromatic carbocycles. The first-order chi connectivity index (χ1) is 15.7. The van der Waals surface area contributed by atoms with E-state index in [-0.39, 0.29) is 11.6 Å². The number of hydrogen-bond donors (Lipinski definition) is 1. The largest absolute Gasteiger partial charge is 0.347 e. The predicted octanol–water partition coefficient (Wildman–Crippen LogP) is 3.84. The van der Waals surface area contributed by atoms with Gasteiger partial charge in [0, 0.05) is 30.8 Å². The number of rotatable bonds is 3. The van der Waals surface area contributed by atoms with Crippen LogP contribution in [0.15, 0.2) is 66.1 Å². The maximum atomic E-state index is 13.6. The lowest BCUT2D eigenvalue weighted by Gasteiger charge is -2.43. The van der Waals surface area contributed by atoms with Crippen LogP contribution in [0.4, 0.5) is 5.82 Å². The second-order valence-electron chi connectivity index (χ2n) is 7.68. The maximum Gasteiger partial charge on any atom is 0.281 e. The Labute approximate surface area is 186 Å². The molecule has 0 unspecified atom stereocenters. The van der Waals surface area contributed by atoms with Gasteiger partial charge in [-0.15, -0.1) is 0 Å². The van der Waals surface area contributed by atoms with Gasteiger partial charge in [-0.3, -0.25) is 9.36 Å². The third kappa shape index (κ3) is 2.58. The maximum absolute atomic E-state index is 13.6. The van der Waals surface area contributed by atoms with Crippen molar-refractivity contribution in [1.82, 2.24) is 23.9 Å². The number of H-pyrrole nitrogens is 1. The summed E-state index contributed by atoms with van der Waals surface area (Å²) in [6, 6.07) is 13.4. The number of nitriles is 1. The van der Waals surface area contributed by atoms with E-state index >= 15 is 0 Å². The van der Waals surface area contributed by atoms with E-state index in [1.165, 1.54) is 6.33 Å². The van der Waals surface area contributed by atoms with Gasteiger partial charge in [0.15, 0.2) is 0 Å². The minimum Gasteiger partial charge on any atom is -0.347 e. The van der Waals surface area contributed by atoms with Crippen LogP contribution in [0, 0.1) is 11.3 Å². The highest BCUT2D eigenvalue weighted by atomic mass is 35.5. The van der Waals surface area contributed by atoms with Gasteiger partial charge in [0.25, 0.3) is 5.56 Å². The van der Waals surface area contributed by atoms with E-state index in [4.69, 9.17) is 11.6 Å². The molecule has 4 aromatic heterocycles. The Hall–Kier alpha value is -4.09. The van der Waals surface area contributed by atoms with Gasteiger partial charge in [-0.25, -0.2) is 9.97 Å². The van der Waals surface area contributed by atoms with Crippen molar-refractivity contribution in [2.75, 3.05) is 11.4 Å². The van der Waals surface area contributed by atoms with Gasteiger partial charge in [0.2, 0.25) is 0 Å². The van der Waals surface area contributed by atoms with E-state index in [2.05, 4.69) is 25.9 Å². The average molecular weight is 442 g/mol. The highest BCUT2D eigenvalue weighted by molar-refractivity contribution is 6.33. The van der Waals surface area contributed by atoms with Crippen molar-refractivity contribution in [2.45, 2.75) is 12.5 Å². The number of nitrogens with zero attached hydrogens (tertiary/aromatic N) is 6. The van der Waals surface area contributed by atoms with Crippen molar-refractivity contribution in [2.24, 2.45) is 0 Å². The van der Waals surface area contributed by atoms with Crippen LogP contribution >= 0.6 is 11.6 Å². The minimum absolute atomic E-state index is 0.104. The molecule has 6 rings (SSSR count). The normalized spacial score (nSPS) is 15.8. The summed E-state index contributed by atoms with van der Waals surface area (Å²) >= 11 is 6.33. The van der Waals surface area contributed by atoms with Crippen LogP contribution in [0.5, 0.6) is 0 Å². The Bertz CT molecular complexity index is 1590. The quantitative estimate of drug-likeness (QED) is 0.459. The fraction of sp³-hybridized carbons (Fsp3) is 0.130. The summed E-state index contributed by atoms with van der Waals surface area (Å²) in [7, 11) is 0. The zero-order valence-electron chi connectivity index (χ0n) is 16.7. The van der Waals surface area contributed by atoms with E-state index < -0.39 is 0 Å². The van der Waals surface area contributed by atoms with Crippen molar-refractivity contribution in [3.63, 3.8) is 0 Å². The van der Waals surface area contributed by atoms with E-state index in [9.17, 15) is 10.1 Å². The second-order valence-corrected chi connectivity index (χ2v) is 8.09. The first-order valence-corrected chi connectivity index (χ1v) is 10.5. The van der Waals surface area contributed by atoms with Crippen molar-refractivity contribution < 1.29 is 0 Å². The van der Waals surface area contributed by atoms with Crippen LogP contribution in [0.1, 0.15) is 23.7 Å². The molecule has 1 N–H and O–H groups in total. The van der Waals surface area contributed by atoms with Gasteiger partial charge in [-0.05, 0) is 24.6 Å². The number of benzene rings is 1. The Morgan fingerprint density at radius 2 is 2.03 bits per heavy atom. The van der Waals surface area contributed by atoms with Gasteiger partial charge in [0.05, 0.1) is 27.7 Å². The molecule has 1 fully saturated rings. The number of fused-ring (bicyclic) bond motifs is 2. The van der Waals surface area contributed by atoms with E-state index in [0.29, 0.717) is 33.0 Å². The molecule has 0 amide bonds. The molecule has 0 aliphatic carbocycles. The summed E-state index contributed by atoms with van der Waals surface area (Å²) < 4.78 is 3.50. The molecule has 5 heterocycles. The Balaban J connectivity index is 1.58. The summed E-state index contributed by atoms with van der Waals surface area (Å²) in [4.78, 5) is 27.5. The van der Waals surface area contributed by atoms with Crippen molar-refractivity contribution in [3.05, 3.63) is 87.9 Å². The summed E-state index contributed by atoms with van der Waals surface area (Å²) in [5.74, 6) is 0.682. The molecule has 32 heavy (non-hydrogen) atoms. The van der Waals surface area contributed by atoms with Gasteiger partial charge < -0.3 is 14.3 Å².